The van der Waals surface area contributed by atoms with Crippen LogP contribution in [0.5, 0.6) is 5.75 Å². The largest absolute Gasteiger partial charge is 0.491 e. The highest BCUT2D eigenvalue weighted by Gasteiger charge is 2.42. The van der Waals surface area contributed by atoms with Crippen LogP contribution < -0.4 is 10.5 Å². The van der Waals surface area contributed by atoms with E-state index in [1.54, 1.807) is 0 Å². The van der Waals surface area contributed by atoms with Gasteiger partial charge in [-0.05, 0) is 62.3 Å². The molecule has 2 fully saturated rings. The number of fused-ring (bicyclic) bond motifs is 1. The first-order valence-electron chi connectivity index (χ1n) is 8.40. The SMILES string of the molecule is CCC(C)Oc1ccc(C(=O)N2CC3CCC(N)C3C2)cc1. The van der Waals surface area contributed by atoms with Crippen molar-refractivity contribution in [1.82, 2.24) is 4.90 Å². The van der Waals surface area contributed by atoms with Crippen molar-refractivity contribution in [2.45, 2.75) is 45.3 Å². The first kappa shape index (κ1) is 15.3. The highest BCUT2D eigenvalue weighted by Crippen LogP contribution is 2.37. The quantitative estimate of drug-likeness (QED) is 0.930. The molecule has 3 rings (SSSR count). The number of ether oxygens (including phenoxy) is 1. The Morgan fingerprint density at radius 2 is 2.05 bits per heavy atom. The maximum atomic E-state index is 12.6. The van der Waals surface area contributed by atoms with Crippen LogP contribution in [-0.2, 0) is 0 Å². The fourth-order valence-corrected chi connectivity index (χ4v) is 3.65. The molecule has 1 aliphatic carbocycles. The maximum Gasteiger partial charge on any atom is 0.253 e. The molecule has 0 radical (unpaired) electrons. The monoisotopic (exact) mass is 302 g/mol. The number of carbonyl (C=O) groups excluding carboxylic acids is 1. The van der Waals surface area contributed by atoms with Crippen molar-refractivity contribution in [3.63, 3.8) is 0 Å². The van der Waals surface area contributed by atoms with Gasteiger partial charge in [-0.3, -0.25) is 4.79 Å². The average Bonchev–Trinajstić information content (AvgIpc) is 3.10. The Balaban J connectivity index is 1.63. The molecule has 1 aliphatic heterocycles. The average molecular weight is 302 g/mol. The summed E-state index contributed by atoms with van der Waals surface area (Å²) in [5, 5.41) is 0. The second-order valence-electron chi connectivity index (χ2n) is 6.74. The molecule has 4 heteroatoms. The van der Waals surface area contributed by atoms with Gasteiger partial charge in [0.15, 0.2) is 0 Å². The molecule has 1 amide bonds. The standard InChI is InChI=1S/C18H26N2O2/c1-3-12(2)22-15-7-4-13(5-8-15)18(21)20-10-14-6-9-17(19)16(14)11-20/h4-5,7-8,12,14,16-17H,3,6,9-11,19H2,1-2H3. The van der Waals surface area contributed by atoms with Gasteiger partial charge in [0.2, 0.25) is 0 Å². The van der Waals surface area contributed by atoms with Crippen molar-refractivity contribution in [1.29, 1.82) is 0 Å². The minimum absolute atomic E-state index is 0.122. The summed E-state index contributed by atoms with van der Waals surface area (Å²) in [6.07, 6.45) is 3.44. The fraction of sp³-hybridized carbons (Fsp3) is 0.611. The molecule has 1 saturated heterocycles. The smallest absolute Gasteiger partial charge is 0.253 e. The number of benzene rings is 1. The zero-order chi connectivity index (χ0) is 15.7. The molecule has 1 saturated carbocycles. The van der Waals surface area contributed by atoms with Gasteiger partial charge in [0.05, 0.1) is 6.10 Å². The molecular weight excluding hydrogens is 276 g/mol. The van der Waals surface area contributed by atoms with Crippen LogP contribution in [-0.4, -0.2) is 36.0 Å². The Morgan fingerprint density at radius 1 is 1.32 bits per heavy atom. The number of nitrogens with two attached hydrogens (primary N) is 1. The third-order valence-electron chi connectivity index (χ3n) is 5.21. The van der Waals surface area contributed by atoms with Gasteiger partial charge in [0.1, 0.15) is 5.75 Å². The summed E-state index contributed by atoms with van der Waals surface area (Å²) in [5.74, 6) is 2.05. The van der Waals surface area contributed by atoms with Crippen molar-refractivity contribution in [2.24, 2.45) is 17.6 Å². The maximum absolute atomic E-state index is 12.6. The van der Waals surface area contributed by atoms with Gasteiger partial charge in [-0.1, -0.05) is 6.92 Å². The van der Waals surface area contributed by atoms with Gasteiger partial charge in [-0.15, -0.1) is 0 Å². The van der Waals surface area contributed by atoms with E-state index in [1.807, 2.05) is 36.1 Å². The normalized spacial score (nSPS) is 28.5. The third kappa shape index (κ3) is 2.98. The summed E-state index contributed by atoms with van der Waals surface area (Å²) in [6, 6.07) is 7.79. The second-order valence-corrected chi connectivity index (χ2v) is 6.74. The summed E-state index contributed by atoms with van der Waals surface area (Å²) in [7, 11) is 0. The van der Waals surface area contributed by atoms with Gasteiger partial charge in [0.25, 0.3) is 5.91 Å². The molecule has 22 heavy (non-hydrogen) atoms. The van der Waals surface area contributed by atoms with E-state index in [0.717, 1.165) is 43.7 Å². The van der Waals surface area contributed by atoms with Crippen LogP contribution in [0.3, 0.4) is 0 Å². The first-order chi connectivity index (χ1) is 10.6. The minimum Gasteiger partial charge on any atom is -0.491 e. The zero-order valence-corrected chi connectivity index (χ0v) is 13.5. The zero-order valence-electron chi connectivity index (χ0n) is 13.5. The van der Waals surface area contributed by atoms with Crippen LogP contribution in [0.4, 0.5) is 0 Å². The molecule has 1 aromatic carbocycles. The molecule has 0 bridgehead atoms. The number of rotatable bonds is 4. The van der Waals surface area contributed by atoms with E-state index in [-0.39, 0.29) is 18.1 Å². The molecule has 120 valence electrons. The van der Waals surface area contributed by atoms with E-state index in [9.17, 15) is 4.79 Å². The van der Waals surface area contributed by atoms with E-state index >= 15 is 0 Å². The molecule has 4 nitrogen and oxygen atoms in total. The number of hydrogen-bond donors (Lipinski definition) is 1. The van der Waals surface area contributed by atoms with Gasteiger partial charge in [0, 0.05) is 24.7 Å². The molecule has 4 unspecified atom stereocenters. The predicted octanol–water partition coefficient (Wildman–Crippen LogP) is 2.67. The molecule has 0 spiro atoms. The summed E-state index contributed by atoms with van der Waals surface area (Å²) in [6.45, 7) is 5.82. The Hall–Kier alpha value is -1.55. The van der Waals surface area contributed by atoms with Crippen molar-refractivity contribution < 1.29 is 9.53 Å². The molecule has 4 atom stereocenters. The lowest BCUT2D eigenvalue weighted by Crippen LogP contribution is -2.33. The molecule has 2 aliphatic rings. The van der Waals surface area contributed by atoms with Crippen LogP contribution in [0.25, 0.3) is 0 Å². The second kappa shape index (κ2) is 6.29. The summed E-state index contributed by atoms with van der Waals surface area (Å²) in [4.78, 5) is 14.6. The Bertz CT molecular complexity index is 528. The summed E-state index contributed by atoms with van der Waals surface area (Å²) in [5.41, 5.74) is 6.89. The van der Waals surface area contributed by atoms with Crippen LogP contribution >= 0.6 is 0 Å². The van der Waals surface area contributed by atoms with Crippen molar-refractivity contribution >= 4 is 5.91 Å². The van der Waals surface area contributed by atoms with E-state index in [4.69, 9.17) is 10.5 Å². The van der Waals surface area contributed by atoms with Crippen LogP contribution in [0, 0.1) is 11.8 Å². The number of carbonyl (C=O) groups is 1. The Morgan fingerprint density at radius 3 is 2.68 bits per heavy atom. The number of amides is 1. The van der Waals surface area contributed by atoms with Gasteiger partial charge >= 0.3 is 0 Å². The predicted molar refractivity (Wildman–Crippen MR) is 86.9 cm³/mol. The highest BCUT2D eigenvalue weighted by atomic mass is 16.5. The van der Waals surface area contributed by atoms with E-state index in [0.29, 0.717) is 11.8 Å². The lowest BCUT2D eigenvalue weighted by Gasteiger charge is -2.19. The van der Waals surface area contributed by atoms with Gasteiger partial charge in [-0.25, -0.2) is 0 Å². The third-order valence-corrected chi connectivity index (χ3v) is 5.21. The van der Waals surface area contributed by atoms with Crippen molar-refractivity contribution in [2.75, 3.05) is 13.1 Å². The molecule has 2 N–H and O–H groups in total. The van der Waals surface area contributed by atoms with Gasteiger partial charge < -0.3 is 15.4 Å². The van der Waals surface area contributed by atoms with Crippen molar-refractivity contribution in [3.05, 3.63) is 29.8 Å². The summed E-state index contributed by atoms with van der Waals surface area (Å²) >= 11 is 0. The minimum atomic E-state index is 0.122. The molecule has 1 aromatic rings. The first-order valence-corrected chi connectivity index (χ1v) is 8.40. The van der Waals surface area contributed by atoms with Crippen LogP contribution in [0.15, 0.2) is 24.3 Å². The van der Waals surface area contributed by atoms with E-state index < -0.39 is 0 Å². The summed E-state index contributed by atoms with van der Waals surface area (Å²) < 4.78 is 5.76. The fourth-order valence-electron chi connectivity index (χ4n) is 3.65. The number of likely N-dealkylation sites (tertiary alicyclic amines) is 1. The van der Waals surface area contributed by atoms with Crippen LogP contribution in [0.2, 0.25) is 0 Å². The number of hydrogen-bond acceptors (Lipinski definition) is 3. The van der Waals surface area contributed by atoms with Gasteiger partial charge in [-0.2, -0.15) is 0 Å². The molecular formula is C18H26N2O2. The topological polar surface area (TPSA) is 55.6 Å². The lowest BCUT2D eigenvalue weighted by atomic mass is 9.98. The number of nitrogens with zero attached hydrogens (tertiary/aromatic N) is 1. The van der Waals surface area contributed by atoms with E-state index in [2.05, 4.69) is 6.92 Å². The molecule has 1 heterocycles. The molecule has 0 aromatic heterocycles. The Labute approximate surface area is 132 Å². The lowest BCUT2D eigenvalue weighted by molar-refractivity contribution is 0.0779. The Kier molecular flexibility index (Phi) is 4.39. The van der Waals surface area contributed by atoms with E-state index in [1.165, 1.54) is 0 Å². The highest BCUT2D eigenvalue weighted by molar-refractivity contribution is 5.94. The van der Waals surface area contributed by atoms with Crippen LogP contribution in [0.1, 0.15) is 43.5 Å². The van der Waals surface area contributed by atoms with Crippen molar-refractivity contribution in [3.8, 4) is 5.75 Å².